The van der Waals surface area contributed by atoms with E-state index >= 15 is 0 Å². The van der Waals surface area contributed by atoms with E-state index in [2.05, 4.69) is 10.1 Å². The van der Waals surface area contributed by atoms with Gasteiger partial charge in [0.1, 0.15) is 5.75 Å². The summed E-state index contributed by atoms with van der Waals surface area (Å²) in [6, 6.07) is 4.02. The maximum Gasteiger partial charge on any atom is 0.270 e. The van der Waals surface area contributed by atoms with Gasteiger partial charge in [-0.3, -0.25) is 10.1 Å². The minimum atomic E-state index is -0.894. The molecule has 2 aromatic rings. The number of rotatable bonds is 5. The Morgan fingerprint density at radius 1 is 1.55 bits per heavy atom. The first-order valence-electron chi connectivity index (χ1n) is 5.85. The number of benzene rings is 1. The molecule has 0 saturated heterocycles. The van der Waals surface area contributed by atoms with Crippen LogP contribution < -0.4 is 4.74 Å². The van der Waals surface area contributed by atoms with Crippen LogP contribution in [0.25, 0.3) is 0 Å². The van der Waals surface area contributed by atoms with Gasteiger partial charge in [0.2, 0.25) is 0 Å². The van der Waals surface area contributed by atoms with Gasteiger partial charge in [-0.05, 0) is 19.9 Å². The molecule has 0 aliphatic heterocycles. The van der Waals surface area contributed by atoms with E-state index < -0.39 is 11.0 Å². The van der Waals surface area contributed by atoms with Crippen molar-refractivity contribution in [2.24, 2.45) is 0 Å². The summed E-state index contributed by atoms with van der Waals surface area (Å²) in [4.78, 5) is 14.2. The van der Waals surface area contributed by atoms with E-state index in [1.54, 1.807) is 6.92 Å². The van der Waals surface area contributed by atoms with Gasteiger partial charge >= 0.3 is 0 Å². The van der Waals surface area contributed by atoms with Crippen molar-refractivity contribution in [2.45, 2.75) is 26.6 Å². The summed E-state index contributed by atoms with van der Waals surface area (Å²) in [5, 5.41) is 24.0. The van der Waals surface area contributed by atoms with Gasteiger partial charge < -0.3 is 14.4 Å². The topological polar surface area (TPSA) is 112 Å². The van der Waals surface area contributed by atoms with Crippen LogP contribution in [-0.4, -0.2) is 20.2 Å². The maximum atomic E-state index is 10.7. The molecule has 0 aliphatic carbocycles. The summed E-state index contributed by atoms with van der Waals surface area (Å²) in [5.41, 5.74) is 0.220. The Bertz CT molecular complexity index is 623. The Morgan fingerprint density at radius 2 is 2.30 bits per heavy atom. The monoisotopic (exact) mass is 279 g/mol. The fourth-order valence-corrected chi connectivity index (χ4v) is 1.65. The van der Waals surface area contributed by atoms with Gasteiger partial charge in [-0.15, -0.1) is 0 Å². The second-order valence-corrected chi connectivity index (χ2v) is 4.18. The van der Waals surface area contributed by atoms with E-state index in [0.717, 1.165) is 0 Å². The molecular weight excluding hydrogens is 266 g/mol. The van der Waals surface area contributed by atoms with Crippen LogP contribution in [0, 0.1) is 17.0 Å². The second kappa shape index (κ2) is 5.66. The molecule has 0 unspecified atom stereocenters. The van der Waals surface area contributed by atoms with Gasteiger partial charge in [-0.25, -0.2) is 0 Å². The number of aromatic nitrogens is 2. The SMILES string of the molecule is Cc1noc(COc2ccc([N+](=O)[O-])cc2[C@@H](C)O)n1. The molecular formula is C12H13N3O5. The van der Waals surface area contributed by atoms with Crippen molar-refractivity contribution < 1.29 is 19.3 Å². The van der Waals surface area contributed by atoms with Crippen LogP contribution in [0.5, 0.6) is 5.75 Å². The number of nitro benzene ring substituents is 1. The van der Waals surface area contributed by atoms with Crippen molar-refractivity contribution in [3.05, 3.63) is 45.6 Å². The zero-order valence-corrected chi connectivity index (χ0v) is 10.9. The smallest absolute Gasteiger partial charge is 0.270 e. The van der Waals surface area contributed by atoms with Crippen molar-refractivity contribution in [1.29, 1.82) is 0 Å². The summed E-state index contributed by atoms with van der Waals surface area (Å²) in [6.07, 6.45) is -0.894. The maximum absolute atomic E-state index is 10.7. The first-order chi connectivity index (χ1) is 9.47. The van der Waals surface area contributed by atoms with Crippen LogP contribution >= 0.6 is 0 Å². The lowest BCUT2D eigenvalue weighted by Gasteiger charge is -2.11. The molecule has 0 amide bonds. The minimum Gasteiger partial charge on any atom is -0.483 e. The summed E-state index contributed by atoms with van der Waals surface area (Å²) >= 11 is 0. The van der Waals surface area contributed by atoms with Crippen molar-refractivity contribution in [3.63, 3.8) is 0 Å². The third-order valence-electron chi connectivity index (χ3n) is 2.58. The van der Waals surface area contributed by atoms with Crippen LogP contribution in [0.15, 0.2) is 22.7 Å². The number of nitrogens with zero attached hydrogens (tertiary/aromatic N) is 3. The van der Waals surface area contributed by atoms with E-state index in [0.29, 0.717) is 17.1 Å². The molecule has 1 aromatic carbocycles. The number of hydrogen-bond acceptors (Lipinski definition) is 7. The zero-order chi connectivity index (χ0) is 14.7. The molecule has 1 atom stereocenters. The van der Waals surface area contributed by atoms with Crippen molar-refractivity contribution >= 4 is 5.69 Å². The highest BCUT2D eigenvalue weighted by atomic mass is 16.6. The van der Waals surface area contributed by atoms with Crippen LogP contribution in [0.3, 0.4) is 0 Å². The van der Waals surface area contributed by atoms with E-state index in [-0.39, 0.29) is 18.2 Å². The van der Waals surface area contributed by atoms with E-state index in [9.17, 15) is 15.2 Å². The molecule has 1 aromatic heterocycles. The van der Waals surface area contributed by atoms with Gasteiger partial charge in [-0.2, -0.15) is 4.98 Å². The molecule has 2 rings (SSSR count). The van der Waals surface area contributed by atoms with Crippen molar-refractivity contribution in [3.8, 4) is 5.75 Å². The van der Waals surface area contributed by atoms with Gasteiger partial charge in [0.05, 0.1) is 11.0 Å². The second-order valence-electron chi connectivity index (χ2n) is 4.18. The number of non-ortho nitro benzene ring substituents is 1. The standard InChI is InChI=1S/C12H13N3O5/c1-7(16)10-5-9(15(17)18)3-4-11(10)19-6-12-13-8(2)14-20-12/h3-5,7,16H,6H2,1-2H3/t7-/m1/s1. The van der Waals surface area contributed by atoms with E-state index in [1.165, 1.54) is 25.1 Å². The minimum absolute atomic E-state index is 0.0262. The molecule has 106 valence electrons. The summed E-state index contributed by atoms with van der Waals surface area (Å²) in [7, 11) is 0. The molecule has 8 heteroatoms. The number of ether oxygens (including phenoxy) is 1. The van der Waals surface area contributed by atoms with Crippen LogP contribution in [0.1, 0.15) is 30.3 Å². The highest BCUT2D eigenvalue weighted by Gasteiger charge is 2.16. The first-order valence-corrected chi connectivity index (χ1v) is 5.85. The molecule has 1 N–H and O–H groups in total. The highest BCUT2D eigenvalue weighted by molar-refractivity contribution is 5.44. The third-order valence-corrected chi connectivity index (χ3v) is 2.58. The number of aliphatic hydroxyl groups is 1. The van der Waals surface area contributed by atoms with Crippen LogP contribution in [-0.2, 0) is 6.61 Å². The number of aryl methyl sites for hydroxylation is 1. The number of nitro groups is 1. The van der Waals surface area contributed by atoms with Gasteiger partial charge in [0, 0.05) is 17.7 Å². The molecule has 0 bridgehead atoms. The molecule has 0 spiro atoms. The van der Waals surface area contributed by atoms with Crippen LogP contribution in [0.2, 0.25) is 0 Å². The summed E-state index contributed by atoms with van der Waals surface area (Å²) < 4.78 is 10.3. The lowest BCUT2D eigenvalue weighted by Crippen LogP contribution is -2.02. The molecule has 0 radical (unpaired) electrons. The van der Waals surface area contributed by atoms with Crippen molar-refractivity contribution in [1.82, 2.24) is 10.1 Å². The Morgan fingerprint density at radius 3 is 2.85 bits per heavy atom. The molecule has 8 nitrogen and oxygen atoms in total. The normalized spacial score (nSPS) is 12.2. The zero-order valence-electron chi connectivity index (χ0n) is 10.9. The fraction of sp³-hybridized carbons (Fsp3) is 0.333. The number of aliphatic hydroxyl groups excluding tert-OH is 1. The summed E-state index contributed by atoms with van der Waals surface area (Å²) in [6.45, 7) is 3.21. The molecule has 20 heavy (non-hydrogen) atoms. The Balaban J connectivity index is 2.20. The lowest BCUT2D eigenvalue weighted by molar-refractivity contribution is -0.385. The van der Waals surface area contributed by atoms with Gasteiger partial charge in [0.15, 0.2) is 12.4 Å². The Hall–Kier alpha value is -2.48. The summed E-state index contributed by atoms with van der Waals surface area (Å²) in [5.74, 6) is 1.11. The first kappa shape index (κ1) is 13.9. The van der Waals surface area contributed by atoms with Gasteiger partial charge in [0.25, 0.3) is 11.6 Å². The predicted molar refractivity (Wildman–Crippen MR) is 67.1 cm³/mol. The third kappa shape index (κ3) is 3.09. The molecule has 0 aliphatic rings. The Labute approximate surface area is 114 Å². The molecule has 1 heterocycles. The molecule has 0 fully saturated rings. The number of hydrogen-bond donors (Lipinski definition) is 1. The molecule has 0 saturated carbocycles. The lowest BCUT2D eigenvalue weighted by atomic mass is 10.1. The average molecular weight is 279 g/mol. The van der Waals surface area contributed by atoms with Crippen molar-refractivity contribution in [2.75, 3.05) is 0 Å². The highest BCUT2D eigenvalue weighted by Crippen LogP contribution is 2.29. The quantitative estimate of drug-likeness (QED) is 0.657. The Kier molecular flexibility index (Phi) is 3.94. The fourth-order valence-electron chi connectivity index (χ4n) is 1.65. The largest absolute Gasteiger partial charge is 0.483 e. The van der Waals surface area contributed by atoms with E-state index in [4.69, 9.17) is 9.26 Å². The van der Waals surface area contributed by atoms with E-state index in [1.807, 2.05) is 0 Å². The van der Waals surface area contributed by atoms with Crippen LogP contribution in [0.4, 0.5) is 5.69 Å². The predicted octanol–water partition coefficient (Wildman–Crippen LogP) is 1.92. The average Bonchev–Trinajstić information content (AvgIpc) is 2.81. The van der Waals surface area contributed by atoms with Gasteiger partial charge in [-0.1, -0.05) is 5.16 Å².